The molecule has 27 heavy (non-hydrogen) atoms. The molecular weight excluding hydrogens is 408 g/mol. The number of fused-ring (bicyclic) bond motifs is 1. The summed E-state index contributed by atoms with van der Waals surface area (Å²) in [6.45, 7) is 0. The van der Waals surface area contributed by atoms with E-state index in [1.54, 1.807) is 60.7 Å². The number of carbonyl (C=O) groups excluding carboxylic acids is 1. The number of para-hydroxylation sites is 1. The van der Waals surface area contributed by atoms with Crippen molar-refractivity contribution in [3.05, 3.63) is 99.3 Å². The Hall–Kier alpha value is -3.25. The van der Waals surface area contributed by atoms with Gasteiger partial charge in [-0.3, -0.25) is 4.79 Å². The normalized spacial score (nSPS) is 10.7. The molecule has 6 heteroatoms. The standard InChI is InChI=1S/C21H13BrN2O3/c22-16-10-6-9-15(13-16)21(26)27-24-19(14-7-2-1-3-8-14)23-18-12-5-4-11-17(18)20(24)25/h1-13H. The minimum Gasteiger partial charge on any atom is -0.326 e. The number of nitrogens with zero attached hydrogens (tertiary/aromatic N) is 2. The topological polar surface area (TPSA) is 61.2 Å². The molecule has 0 saturated heterocycles. The molecular formula is C21H13BrN2O3. The molecule has 1 heterocycles. The van der Waals surface area contributed by atoms with Gasteiger partial charge < -0.3 is 4.84 Å². The Labute approximate surface area is 162 Å². The van der Waals surface area contributed by atoms with Crippen molar-refractivity contribution in [1.29, 1.82) is 0 Å². The van der Waals surface area contributed by atoms with E-state index in [-0.39, 0.29) is 5.82 Å². The Morgan fingerprint density at radius 3 is 2.44 bits per heavy atom. The van der Waals surface area contributed by atoms with Gasteiger partial charge in [-0.05, 0) is 30.3 Å². The van der Waals surface area contributed by atoms with Gasteiger partial charge >= 0.3 is 5.97 Å². The summed E-state index contributed by atoms with van der Waals surface area (Å²) in [4.78, 5) is 35.6. The first-order chi connectivity index (χ1) is 13.1. The Kier molecular flexibility index (Phi) is 4.56. The number of halogens is 1. The van der Waals surface area contributed by atoms with Gasteiger partial charge in [0.1, 0.15) is 0 Å². The fourth-order valence-corrected chi connectivity index (χ4v) is 3.12. The van der Waals surface area contributed by atoms with Crippen molar-refractivity contribution in [3.8, 4) is 11.4 Å². The number of benzene rings is 3. The van der Waals surface area contributed by atoms with Gasteiger partial charge in [0.25, 0.3) is 5.56 Å². The van der Waals surface area contributed by atoms with Gasteiger partial charge in [0.05, 0.1) is 16.5 Å². The van der Waals surface area contributed by atoms with E-state index in [2.05, 4.69) is 20.9 Å². The van der Waals surface area contributed by atoms with Crippen LogP contribution >= 0.6 is 15.9 Å². The number of hydrogen-bond donors (Lipinski definition) is 0. The van der Waals surface area contributed by atoms with E-state index in [0.717, 1.165) is 9.20 Å². The van der Waals surface area contributed by atoms with Crippen LogP contribution in [0.1, 0.15) is 10.4 Å². The van der Waals surface area contributed by atoms with Crippen molar-refractivity contribution in [2.75, 3.05) is 0 Å². The van der Waals surface area contributed by atoms with Crippen molar-refractivity contribution < 1.29 is 9.63 Å². The number of aromatic nitrogens is 2. The molecule has 0 aliphatic heterocycles. The van der Waals surface area contributed by atoms with Crippen LogP contribution in [0.25, 0.3) is 22.3 Å². The Morgan fingerprint density at radius 2 is 1.67 bits per heavy atom. The second-order valence-electron chi connectivity index (χ2n) is 5.81. The lowest BCUT2D eigenvalue weighted by molar-refractivity contribution is 0.0449. The molecule has 0 aliphatic rings. The molecule has 1 aromatic heterocycles. The van der Waals surface area contributed by atoms with Gasteiger partial charge in [-0.2, -0.15) is 0 Å². The van der Waals surface area contributed by atoms with E-state index in [1.807, 2.05) is 18.2 Å². The molecule has 132 valence electrons. The van der Waals surface area contributed by atoms with Gasteiger partial charge in [-0.25, -0.2) is 9.78 Å². The molecule has 0 saturated carbocycles. The summed E-state index contributed by atoms with van der Waals surface area (Å²) in [5.41, 5.74) is 1.09. The predicted molar refractivity (Wildman–Crippen MR) is 106 cm³/mol. The fraction of sp³-hybridized carbons (Fsp3) is 0. The SMILES string of the molecule is O=C(On1c(-c2ccccc2)nc2ccccc2c1=O)c1cccc(Br)c1. The van der Waals surface area contributed by atoms with Crippen molar-refractivity contribution in [1.82, 2.24) is 9.71 Å². The molecule has 0 unspecified atom stereocenters. The number of rotatable bonds is 3. The Morgan fingerprint density at radius 1 is 0.926 bits per heavy atom. The van der Waals surface area contributed by atoms with Crippen LogP contribution in [0.15, 0.2) is 88.1 Å². The molecule has 0 spiro atoms. The van der Waals surface area contributed by atoms with Crippen molar-refractivity contribution in [2.45, 2.75) is 0 Å². The third-order valence-corrected chi connectivity index (χ3v) is 4.50. The van der Waals surface area contributed by atoms with Crippen LogP contribution in [-0.4, -0.2) is 15.7 Å². The molecule has 0 aliphatic carbocycles. The zero-order chi connectivity index (χ0) is 18.8. The van der Waals surface area contributed by atoms with Crippen LogP contribution in [0, 0.1) is 0 Å². The van der Waals surface area contributed by atoms with E-state index in [1.165, 1.54) is 0 Å². The van der Waals surface area contributed by atoms with E-state index in [0.29, 0.717) is 22.0 Å². The third kappa shape index (κ3) is 3.39. The van der Waals surface area contributed by atoms with Crippen LogP contribution < -0.4 is 10.4 Å². The lowest BCUT2D eigenvalue weighted by atomic mass is 10.2. The minimum absolute atomic E-state index is 0.266. The maximum absolute atomic E-state index is 13.0. The summed E-state index contributed by atoms with van der Waals surface area (Å²) >= 11 is 3.33. The van der Waals surface area contributed by atoms with Crippen LogP contribution in [-0.2, 0) is 0 Å². The maximum atomic E-state index is 13.0. The molecule has 0 N–H and O–H groups in total. The Balaban J connectivity index is 1.89. The van der Waals surface area contributed by atoms with Gasteiger partial charge in [0.2, 0.25) is 0 Å². The lowest BCUT2D eigenvalue weighted by Crippen LogP contribution is -2.33. The third-order valence-electron chi connectivity index (χ3n) is 4.00. The average molecular weight is 421 g/mol. The fourth-order valence-electron chi connectivity index (χ4n) is 2.72. The predicted octanol–water partition coefficient (Wildman–Crippen LogP) is 4.10. The zero-order valence-corrected chi connectivity index (χ0v) is 15.6. The second kappa shape index (κ2) is 7.17. The average Bonchev–Trinajstić information content (AvgIpc) is 2.70. The smallest absolute Gasteiger partial charge is 0.326 e. The minimum atomic E-state index is -0.646. The maximum Gasteiger partial charge on any atom is 0.363 e. The first-order valence-corrected chi connectivity index (χ1v) is 8.98. The highest BCUT2D eigenvalue weighted by Gasteiger charge is 2.18. The van der Waals surface area contributed by atoms with E-state index in [4.69, 9.17) is 4.84 Å². The van der Waals surface area contributed by atoms with E-state index >= 15 is 0 Å². The summed E-state index contributed by atoms with van der Waals surface area (Å²) in [6, 6.07) is 22.9. The summed E-state index contributed by atoms with van der Waals surface area (Å²) in [7, 11) is 0. The van der Waals surface area contributed by atoms with Crippen LogP contribution in [0.4, 0.5) is 0 Å². The highest BCUT2D eigenvalue weighted by atomic mass is 79.9. The molecule has 0 atom stereocenters. The van der Waals surface area contributed by atoms with Gasteiger partial charge in [0.15, 0.2) is 5.82 Å². The quantitative estimate of drug-likeness (QED) is 0.500. The number of hydrogen-bond acceptors (Lipinski definition) is 4. The van der Waals surface area contributed by atoms with Crippen molar-refractivity contribution >= 4 is 32.8 Å². The molecule has 3 aromatic carbocycles. The molecule has 0 amide bonds. The van der Waals surface area contributed by atoms with Crippen molar-refractivity contribution in [2.24, 2.45) is 0 Å². The summed E-state index contributed by atoms with van der Waals surface area (Å²) < 4.78 is 1.70. The largest absolute Gasteiger partial charge is 0.363 e. The number of carbonyl (C=O) groups is 1. The summed E-state index contributed by atoms with van der Waals surface area (Å²) in [6.07, 6.45) is 0. The molecule has 0 bridgehead atoms. The van der Waals surface area contributed by atoms with Crippen molar-refractivity contribution in [3.63, 3.8) is 0 Å². The Bertz CT molecular complexity index is 1200. The molecule has 0 radical (unpaired) electrons. The monoisotopic (exact) mass is 420 g/mol. The second-order valence-corrected chi connectivity index (χ2v) is 6.72. The molecule has 5 nitrogen and oxygen atoms in total. The molecule has 4 rings (SSSR count). The van der Waals surface area contributed by atoms with E-state index < -0.39 is 11.5 Å². The van der Waals surface area contributed by atoms with Crippen LogP contribution in [0.2, 0.25) is 0 Å². The lowest BCUT2D eigenvalue weighted by Gasteiger charge is -2.13. The first kappa shape index (κ1) is 17.2. The van der Waals surface area contributed by atoms with E-state index in [9.17, 15) is 9.59 Å². The molecule has 0 fully saturated rings. The highest BCUT2D eigenvalue weighted by molar-refractivity contribution is 9.10. The summed E-state index contributed by atoms with van der Waals surface area (Å²) in [5.74, 6) is -0.379. The highest BCUT2D eigenvalue weighted by Crippen LogP contribution is 2.18. The van der Waals surface area contributed by atoms with Crippen LogP contribution in [0.3, 0.4) is 0 Å². The summed E-state index contributed by atoms with van der Waals surface area (Å²) in [5, 5.41) is 0.374. The molecule has 4 aromatic rings. The zero-order valence-electron chi connectivity index (χ0n) is 14.0. The van der Waals surface area contributed by atoms with Crippen LogP contribution in [0.5, 0.6) is 0 Å². The van der Waals surface area contributed by atoms with Gasteiger partial charge in [-0.1, -0.05) is 64.5 Å². The van der Waals surface area contributed by atoms with Gasteiger partial charge in [-0.15, -0.1) is 4.73 Å². The van der Waals surface area contributed by atoms with Gasteiger partial charge in [0, 0.05) is 10.0 Å². The first-order valence-electron chi connectivity index (χ1n) is 8.19.